The Morgan fingerprint density at radius 3 is 2.88 bits per heavy atom. The van der Waals surface area contributed by atoms with Crippen molar-refractivity contribution >= 4 is 5.91 Å². The molecule has 0 aromatic carbocycles. The van der Waals surface area contributed by atoms with Crippen LogP contribution in [0.3, 0.4) is 0 Å². The highest BCUT2D eigenvalue weighted by molar-refractivity contribution is 5.81. The number of carbonyl (C=O) groups excluding carboxylic acids is 1. The van der Waals surface area contributed by atoms with E-state index in [-0.39, 0.29) is 11.9 Å². The van der Waals surface area contributed by atoms with Crippen molar-refractivity contribution in [2.24, 2.45) is 0 Å². The molecule has 0 aliphatic carbocycles. The molecule has 100 valence electrons. The van der Waals surface area contributed by atoms with Crippen molar-refractivity contribution < 1.29 is 9.53 Å². The van der Waals surface area contributed by atoms with Gasteiger partial charge in [-0.05, 0) is 32.2 Å². The summed E-state index contributed by atoms with van der Waals surface area (Å²) in [5, 5.41) is 6.21. The average molecular weight is 242 g/mol. The molecular weight excluding hydrogens is 216 g/mol. The smallest absolute Gasteiger partial charge is 0.237 e. The van der Waals surface area contributed by atoms with Gasteiger partial charge in [-0.1, -0.05) is 19.8 Å². The molecule has 1 aliphatic heterocycles. The van der Waals surface area contributed by atoms with Gasteiger partial charge in [0.05, 0.1) is 6.04 Å². The van der Waals surface area contributed by atoms with Crippen LogP contribution in [0.1, 0.15) is 45.4 Å². The summed E-state index contributed by atoms with van der Waals surface area (Å²) in [4.78, 5) is 11.7. The SMILES string of the molecule is CCCCOCCCNC(=O)[C@@H]1CCCCN1. The fourth-order valence-electron chi connectivity index (χ4n) is 1.93. The molecule has 1 atom stereocenters. The van der Waals surface area contributed by atoms with Gasteiger partial charge in [0.25, 0.3) is 0 Å². The Bertz CT molecular complexity index is 204. The lowest BCUT2D eigenvalue weighted by molar-refractivity contribution is -0.123. The van der Waals surface area contributed by atoms with Crippen LogP contribution < -0.4 is 10.6 Å². The number of amides is 1. The third-order valence-corrected chi connectivity index (χ3v) is 3.03. The molecule has 0 saturated carbocycles. The van der Waals surface area contributed by atoms with E-state index in [1.54, 1.807) is 0 Å². The van der Waals surface area contributed by atoms with Crippen molar-refractivity contribution in [3.8, 4) is 0 Å². The number of hydrogen-bond donors (Lipinski definition) is 2. The lowest BCUT2D eigenvalue weighted by Gasteiger charge is -2.22. The standard InChI is InChI=1S/C13H26N2O2/c1-2-3-10-17-11-6-9-15-13(16)12-7-4-5-8-14-12/h12,14H,2-11H2,1H3,(H,15,16)/t12-/m0/s1. The van der Waals surface area contributed by atoms with Crippen LogP contribution in [-0.4, -0.2) is 38.3 Å². The molecule has 1 amide bonds. The molecule has 1 fully saturated rings. The molecule has 0 bridgehead atoms. The van der Waals surface area contributed by atoms with Crippen molar-refractivity contribution in [1.29, 1.82) is 0 Å². The zero-order valence-corrected chi connectivity index (χ0v) is 11.0. The molecule has 2 N–H and O–H groups in total. The van der Waals surface area contributed by atoms with Gasteiger partial charge in [-0.3, -0.25) is 4.79 Å². The Hall–Kier alpha value is -0.610. The maximum absolute atomic E-state index is 11.7. The van der Waals surface area contributed by atoms with E-state index >= 15 is 0 Å². The Labute approximate surface area is 104 Å². The molecule has 4 heteroatoms. The molecule has 1 aliphatic rings. The number of piperidine rings is 1. The van der Waals surface area contributed by atoms with Crippen LogP contribution in [0.4, 0.5) is 0 Å². The highest BCUT2D eigenvalue weighted by atomic mass is 16.5. The Kier molecular flexibility index (Phi) is 8.01. The second-order valence-corrected chi connectivity index (χ2v) is 4.61. The second kappa shape index (κ2) is 9.42. The van der Waals surface area contributed by atoms with Crippen LogP contribution >= 0.6 is 0 Å². The number of unbranched alkanes of at least 4 members (excludes halogenated alkanes) is 1. The predicted octanol–water partition coefficient (Wildman–Crippen LogP) is 1.45. The lowest BCUT2D eigenvalue weighted by atomic mass is 10.0. The number of carbonyl (C=O) groups is 1. The van der Waals surface area contributed by atoms with Crippen LogP contribution in [0.5, 0.6) is 0 Å². The molecule has 0 radical (unpaired) electrons. The van der Waals surface area contributed by atoms with Crippen LogP contribution in [0, 0.1) is 0 Å². The quantitative estimate of drug-likeness (QED) is 0.633. The van der Waals surface area contributed by atoms with E-state index in [1.807, 2.05) is 0 Å². The fourth-order valence-corrected chi connectivity index (χ4v) is 1.93. The van der Waals surface area contributed by atoms with E-state index in [1.165, 1.54) is 12.8 Å². The van der Waals surface area contributed by atoms with Crippen LogP contribution in [0.25, 0.3) is 0 Å². The van der Waals surface area contributed by atoms with Crippen molar-refractivity contribution in [2.45, 2.75) is 51.5 Å². The molecule has 0 spiro atoms. The lowest BCUT2D eigenvalue weighted by Crippen LogP contribution is -2.46. The van der Waals surface area contributed by atoms with Gasteiger partial charge in [-0.2, -0.15) is 0 Å². The van der Waals surface area contributed by atoms with Crippen molar-refractivity contribution in [3.05, 3.63) is 0 Å². The zero-order valence-electron chi connectivity index (χ0n) is 11.0. The summed E-state index contributed by atoms with van der Waals surface area (Å²) < 4.78 is 5.43. The van der Waals surface area contributed by atoms with Crippen molar-refractivity contribution in [2.75, 3.05) is 26.3 Å². The monoisotopic (exact) mass is 242 g/mol. The number of ether oxygens (including phenoxy) is 1. The van der Waals surface area contributed by atoms with E-state index in [0.717, 1.165) is 52.0 Å². The summed E-state index contributed by atoms with van der Waals surface area (Å²) in [5.41, 5.74) is 0. The van der Waals surface area contributed by atoms with E-state index in [2.05, 4.69) is 17.6 Å². The molecule has 1 heterocycles. The zero-order chi connectivity index (χ0) is 12.3. The molecule has 4 nitrogen and oxygen atoms in total. The summed E-state index contributed by atoms with van der Waals surface area (Å²) in [6, 6.07) is 0.0322. The molecule has 0 aromatic rings. The molecule has 0 aromatic heterocycles. The minimum absolute atomic E-state index is 0.0322. The first-order valence-electron chi connectivity index (χ1n) is 6.93. The normalized spacial score (nSPS) is 20.2. The fraction of sp³-hybridized carbons (Fsp3) is 0.923. The largest absolute Gasteiger partial charge is 0.381 e. The van der Waals surface area contributed by atoms with E-state index in [0.29, 0.717) is 0 Å². The topological polar surface area (TPSA) is 50.4 Å². The number of hydrogen-bond acceptors (Lipinski definition) is 3. The first kappa shape index (κ1) is 14.5. The first-order valence-corrected chi connectivity index (χ1v) is 6.93. The van der Waals surface area contributed by atoms with E-state index < -0.39 is 0 Å². The van der Waals surface area contributed by atoms with Gasteiger partial charge in [0.1, 0.15) is 0 Å². The molecule has 1 saturated heterocycles. The third kappa shape index (κ3) is 6.64. The molecule has 0 unspecified atom stereocenters. The van der Waals surface area contributed by atoms with E-state index in [4.69, 9.17) is 4.74 Å². The number of rotatable bonds is 8. The van der Waals surface area contributed by atoms with Gasteiger partial charge in [0, 0.05) is 19.8 Å². The molecular formula is C13H26N2O2. The highest BCUT2D eigenvalue weighted by Gasteiger charge is 2.19. The Morgan fingerprint density at radius 1 is 1.35 bits per heavy atom. The molecule has 17 heavy (non-hydrogen) atoms. The Balaban J connectivity index is 1.92. The van der Waals surface area contributed by atoms with Gasteiger partial charge >= 0.3 is 0 Å². The summed E-state index contributed by atoms with van der Waals surface area (Å²) in [5.74, 6) is 0.151. The van der Waals surface area contributed by atoms with Gasteiger partial charge in [-0.15, -0.1) is 0 Å². The van der Waals surface area contributed by atoms with Crippen LogP contribution in [0.15, 0.2) is 0 Å². The minimum Gasteiger partial charge on any atom is -0.381 e. The van der Waals surface area contributed by atoms with E-state index in [9.17, 15) is 4.79 Å². The van der Waals surface area contributed by atoms with Gasteiger partial charge in [0.15, 0.2) is 0 Å². The summed E-state index contributed by atoms with van der Waals surface area (Å²) in [7, 11) is 0. The summed E-state index contributed by atoms with van der Waals surface area (Å²) >= 11 is 0. The van der Waals surface area contributed by atoms with Crippen molar-refractivity contribution in [3.63, 3.8) is 0 Å². The predicted molar refractivity (Wildman–Crippen MR) is 69.0 cm³/mol. The minimum atomic E-state index is 0.0322. The van der Waals surface area contributed by atoms with Gasteiger partial charge in [0.2, 0.25) is 5.91 Å². The van der Waals surface area contributed by atoms with Gasteiger partial charge < -0.3 is 15.4 Å². The molecule has 1 rings (SSSR count). The number of nitrogens with one attached hydrogen (secondary N) is 2. The highest BCUT2D eigenvalue weighted by Crippen LogP contribution is 2.06. The maximum Gasteiger partial charge on any atom is 0.237 e. The van der Waals surface area contributed by atoms with Crippen LogP contribution in [-0.2, 0) is 9.53 Å². The van der Waals surface area contributed by atoms with Crippen LogP contribution in [0.2, 0.25) is 0 Å². The maximum atomic E-state index is 11.7. The summed E-state index contributed by atoms with van der Waals surface area (Å²) in [6.45, 7) is 5.44. The van der Waals surface area contributed by atoms with Crippen molar-refractivity contribution in [1.82, 2.24) is 10.6 Å². The second-order valence-electron chi connectivity index (χ2n) is 4.61. The Morgan fingerprint density at radius 2 is 2.18 bits per heavy atom. The third-order valence-electron chi connectivity index (χ3n) is 3.03. The first-order chi connectivity index (χ1) is 8.34. The average Bonchev–Trinajstić information content (AvgIpc) is 2.38. The summed E-state index contributed by atoms with van der Waals surface area (Å²) in [6.07, 6.45) is 6.52. The van der Waals surface area contributed by atoms with Gasteiger partial charge in [-0.25, -0.2) is 0 Å².